The number of rotatable bonds is 8. The highest BCUT2D eigenvalue weighted by Gasteiger charge is 2.26. The van der Waals surface area contributed by atoms with Crippen molar-refractivity contribution in [1.82, 2.24) is 0 Å². The Bertz CT molecular complexity index is 2510. The van der Waals surface area contributed by atoms with E-state index >= 15 is 0 Å². The van der Waals surface area contributed by atoms with Crippen molar-refractivity contribution in [2.24, 2.45) is 0 Å². The Kier molecular flexibility index (Phi) is 9.96. The number of fused-ring (bicyclic) bond motifs is 3. The molecule has 56 heavy (non-hydrogen) atoms. The first-order chi connectivity index (χ1) is 26.9. The molecule has 0 unspecified atom stereocenters. The fourth-order valence-electron chi connectivity index (χ4n) is 8.79. The summed E-state index contributed by atoms with van der Waals surface area (Å²) in [5.74, 6) is 1.83. The van der Waals surface area contributed by atoms with Gasteiger partial charge in [-0.3, -0.25) is 0 Å². The Labute approximate surface area is 335 Å². The molecule has 0 bridgehead atoms. The van der Waals surface area contributed by atoms with E-state index in [0.717, 1.165) is 0 Å². The molecule has 0 atom stereocenters. The minimum absolute atomic E-state index is 0.457. The van der Waals surface area contributed by atoms with Gasteiger partial charge < -0.3 is 0 Å². The van der Waals surface area contributed by atoms with Crippen molar-refractivity contribution in [3.63, 3.8) is 0 Å². The summed E-state index contributed by atoms with van der Waals surface area (Å²) in [6, 6.07) is 52.1. The molecule has 0 aliphatic carbocycles. The zero-order valence-corrected chi connectivity index (χ0v) is 35.0. The molecule has 0 aliphatic heterocycles. The van der Waals surface area contributed by atoms with Gasteiger partial charge in [0.25, 0.3) is 0 Å². The Morgan fingerprint density at radius 2 is 0.500 bits per heavy atom. The van der Waals surface area contributed by atoms with Crippen LogP contribution >= 0.6 is 0 Å². The smallest absolute Gasteiger partial charge is 0.000139 e. The lowest BCUT2D eigenvalue weighted by atomic mass is 9.77. The van der Waals surface area contributed by atoms with Crippen LogP contribution in [0.2, 0.25) is 0 Å². The van der Waals surface area contributed by atoms with E-state index in [1.54, 1.807) is 0 Å². The van der Waals surface area contributed by atoms with E-state index < -0.39 is 0 Å². The fourth-order valence-corrected chi connectivity index (χ4v) is 8.79. The Morgan fingerprint density at radius 1 is 0.268 bits per heavy atom. The van der Waals surface area contributed by atoms with Crippen molar-refractivity contribution >= 4 is 32.3 Å². The van der Waals surface area contributed by atoms with E-state index in [2.05, 4.69) is 203 Å². The summed E-state index contributed by atoms with van der Waals surface area (Å²) in [6.07, 6.45) is 0. The number of hydrogen-bond acceptors (Lipinski definition) is 0. The largest absolute Gasteiger partial charge is 0.0587 e. The average Bonchev–Trinajstić information content (AvgIpc) is 3.19. The SMILES string of the molecule is Cc1ccc2c(-c3ccc(C(C)C)cc3)c3c(-c4ccc(C(C)C)cc4)c4cc(C)ccc4c(-c4ccc(C(C)C)cc4)c3c(-c3ccc(C(C)C)cc3)c2c1. The second kappa shape index (κ2) is 14.9. The van der Waals surface area contributed by atoms with Crippen molar-refractivity contribution < 1.29 is 0 Å². The standard InChI is InChI=1S/C56H56/c1-33(2)39-13-21-43(22-14-39)51-47-29-11-37(9)31-49(47)54(46-27-19-42(20-28-46)36(7)8)56-52(44-23-15-40(16-24-44)34(3)4)48-30-12-38(10)32-50(48)53(55(51)56)45-25-17-41(18-26-45)35(5)6/h11-36H,1-10H3. The zero-order chi connectivity index (χ0) is 39.4. The summed E-state index contributed by atoms with van der Waals surface area (Å²) in [7, 11) is 0. The molecule has 8 aromatic rings. The first-order valence-electron chi connectivity index (χ1n) is 20.8. The molecule has 0 saturated heterocycles. The highest BCUT2D eigenvalue weighted by atomic mass is 14.3. The van der Waals surface area contributed by atoms with Crippen LogP contribution in [0.4, 0.5) is 0 Å². The van der Waals surface area contributed by atoms with Crippen LogP contribution in [0.25, 0.3) is 76.8 Å². The van der Waals surface area contributed by atoms with Crippen LogP contribution in [-0.4, -0.2) is 0 Å². The molecule has 0 spiro atoms. The van der Waals surface area contributed by atoms with Crippen LogP contribution in [0.5, 0.6) is 0 Å². The summed E-state index contributed by atoms with van der Waals surface area (Å²) in [6.45, 7) is 22.7. The predicted octanol–water partition coefficient (Wildman–Crippen LogP) is 16.9. The molecule has 0 radical (unpaired) electrons. The molecule has 280 valence electrons. The molecular formula is C56H56. The molecule has 0 fully saturated rings. The van der Waals surface area contributed by atoms with Crippen LogP contribution in [0.15, 0.2) is 133 Å². The van der Waals surface area contributed by atoms with Crippen LogP contribution in [0, 0.1) is 13.8 Å². The van der Waals surface area contributed by atoms with E-state index in [1.165, 1.54) is 110 Å². The van der Waals surface area contributed by atoms with Crippen molar-refractivity contribution in [2.75, 3.05) is 0 Å². The second-order valence-corrected chi connectivity index (χ2v) is 17.5. The zero-order valence-electron chi connectivity index (χ0n) is 35.0. The van der Waals surface area contributed by atoms with Gasteiger partial charge in [0, 0.05) is 0 Å². The van der Waals surface area contributed by atoms with Gasteiger partial charge in [0.15, 0.2) is 0 Å². The maximum Gasteiger partial charge on any atom is -0.000139 e. The van der Waals surface area contributed by atoms with Gasteiger partial charge in [0.05, 0.1) is 0 Å². The summed E-state index contributed by atoms with van der Waals surface area (Å²) >= 11 is 0. The van der Waals surface area contributed by atoms with E-state index in [-0.39, 0.29) is 0 Å². The summed E-state index contributed by atoms with van der Waals surface area (Å²) in [5.41, 5.74) is 18.2. The fraction of sp³-hybridized carbons (Fsp3) is 0.250. The topological polar surface area (TPSA) is 0 Å². The average molecular weight is 729 g/mol. The van der Waals surface area contributed by atoms with Gasteiger partial charge in [-0.05, 0) is 137 Å². The van der Waals surface area contributed by atoms with Gasteiger partial charge in [0.1, 0.15) is 0 Å². The third-order valence-electron chi connectivity index (χ3n) is 12.1. The van der Waals surface area contributed by atoms with Gasteiger partial charge in [-0.1, -0.05) is 200 Å². The van der Waals surface area contributed by atoms with Crippen LogP contribution in [0.1, 0.15) is 112 Å². The molecule has 0 saturated carbocycles. The van der Waals surface area contributed by atoms with Gasteiger partial charge in [-0.15, -0.1) is 0 Å². The van der Waals surface area contributed by atoms with Gasteiger partial charge in [0.2, 0.25) is 0 Å². The van der Waals surface area contributed by atoms with E-state index in [1.807, 2.05) is 0 Å². The Balaban J connectivity index is 1.69. The lowest BCUT2D eigenvalue weighted by Crippen LogP contribution is -1.99. The first-order valence-corrected chi connectivity index (χ1v) is 20.8. The van der Waals surface area contributed by atoms with Crippen molar-refractivity contribution in [2.45, 2.75) is 92.9 Å². The monoisotopic (exact) mass is 728 g/mol. The molecule has 8 rings (SSSR count). The molecule has 0 heteroatoms. The van der Waals surface area contributed by atoms with Crippen LogP contribution < -0.4 is 0 Å². The lowest BCUT2D eigenvalue weighted by Gasteiger charge is -2.26. The molecule has 8 aromatic carbocycles. The molecule has 0 heterocycles. The van der Waals surface area contributed by atoms with E-state index in [0.29, 0.717) is 23.7 Å². The lowest BCUT2D eigenvalue weighted by molar-refractivity contribution is 0.867. The van der Waals surface area contributed by atoms with Crippen LogP contribution in [-0.2, 0) is 0 Å². The van der Waals surface area contributed by atoms with Crippen molar-refractivity contribution in [3.05, 3.63) is 167 Å². The Hall–Kier alpha value is -5.46. The summed E-state index contributed by atoms with van der Waals surface area (Å²) < 4.78 is 0. The number of benzene rings is 8. The molecule has 0 N–H and O–H groups in total. The van der Waals surface area contributed by atoms with Crippen molar-refractivity contribution in [1.29, 1.82) is 0 Å². The van der Waals surface area contributed by atoms with Crippen LogP contribution in [0.3, 0.4) is 0 Å². The maximum absolute atomic E-state index is 2.44. The predicted molar refractivity (Wildman–Crippen MR) is 247 cm³/mol. The highest BCUT2D eigenvalue weighted by molar-refractivity contribution is 6.34. The maximum atomic E-state index is 2.44. The van der Waals surface area contributed by atoms with Crippen molar-refractivity contribution in [3.8, 4) is 44.5 Å². The van der Waals surface area contributed by atoms with E-state index in [9.17, 15) is 0 Å². The molecule has 0 amide bonds. The van der Waals surface area contributed by atoms with Gasteiger partial charge in [-0.25, -0.2) is 0 Å². The number of hydrogen-bond donors (Lipinski definition) is 0. The van der Waals surface area contributed by atoms with Gasteiger partial charge in [-0.2, -0.15) is 0 Å². The summed E-state index contributed by atoms with van der Waals surface area (Å²) in [4.78, 5) is 0. The second-order valence-electron chi connectivity index (χ2n) is 17.5. The summed E-state index contributed by atoms with van der Waals surface area (Å²) in [5, 5.41) is 7.81. The molecule has 0 nitrogen and oxygen atoms in total. The molecule has 0 aromatic heterocycles. The minimum atomic E-state index is 0.457. The third kappa shape index (κ3) is 6.64. The van der Waals surface area contributed by atoms with Gasteiger partial charge >= 0.3 is 0 Å². The molecule has 0 aliphatic rings. The third-order valence-corrected chi connectivity index (χ3v) is 12.1. The normalized spacial score (nSPS) is 12.0. The Morgan fingerprint density at radius 3 is 0.732 bits per heavy atom. The highest BCUT2D eigenvalue weighted by Crippen LogP contribution is 2.54. The quantitative estimate of drug-likeness (QED) is 0.137. The number of aryl methyl sites for hydroxylation is 2. The minimum Gasteiger partial charge on any atom is -0.0587 e. The first kappa shape index (κ1) is 37.5. The van der Waals surface area contributed by atoms with E-state index in [4.69, 9.17) is 0 Å². The molecular weight excluding hydrogens is 673 g/mol.